The van der Waals surface area contributed by atoms with Crippen molar-refractivity contribution in [3.05, 3.63) is 53.6 Å². The van der Waals surface area contributed by atoms with Crippen LogP contribution in [0.3, 0.4) is 0 Å². The van der Waals surface area contributed by atoms with Crippen molar-refractivity contribution < 1.29 is 18.3 Å². The number of halogens is 1. The standard InChI is InChI=1S/C13H11ClO4S/c14-10-1-5-12(6-2-10)19(16,17)13-7-3-11(4-8-13)18-9-15/h1-8,15H,9H2. The van der Waals surface area contributed by atoms with E-state index in [1.165, 1.54) is 48.5 Å². The van der Waals surface area contributed by atoms with Crippen LogP contribution in [0, 0.1) is 0 Å². The van der Waals surface area contributed by atoms with Crippen molar-refractivity contribution in [1.29, 1.82) is 0 Å². The molecular weight excluding hydrogens is 288 g/mol. The molecule has 0 spiro atoms. The predicted molar refractivity (Wildman–Crippen MR) is 71.1 cm³/mol. The first kappa shape index (κ1) is 13.9. The third-order valence-corrected chi connectivity index (χ3v) is 4.53. The van der Waals surface area contributed by atoms with Crippen LogP contribution >= 0.6 is 11.6 Å². The Hall–Kier alpha value is -1.56. The van der Waals surface area contributed by atoms with Gasteiger partial charge in [0.25, 0.3) is 0 Å². The van der Waals surface area contributed by atoms with Gasteiger partial charge in [0.15, 0.2) is 6.79 Å². The van der Waals surface area contributed by atoms with Crippen molar-refractivity contribution in [1.82, 2.24) is 0 Å². The summed E-state index contributed by atoms with van der Waals surface area (Å²) in [6, 6.07) is 11.8. The van der Waals surface area contributed by atoms with Crippen molar-refractivity contribution in [2.24, 2.45) is 0 Å². The molecule has 2 aromatic carbocycles. The number of aliphatic hydroxyl groups is 1. The Morgan fingerprint density at radius 2 is 1.42 bits per heavy atom. The Morgan fingerprint density at radius 3 is 1.89 bits per heavy atom. The van der Waals surface area contributed by atoms with Crippen LogP contribution in [0.4, 0.5) is 0 Å². The van der Waals surface area contributed by atoms with Crippen molar-refractivity contribution in [3.63, 3.8) is 0 Å². The lowest BCUT2D eigenvalue weighted by atomic mass is 10.3. The summed E-state index contributed by atoms with van der Waals surface area (Å²) in [5.41, 5.74) is 0. The smallest absolute Gasteiger partial charge is 0.206 e. The van der Waals surface area contributed by atoms with Crippen LogP contribution in [-0.4, -0.2) is 20.3 Å². The fraction of sp³-hybridized carbons (Fsp3) is 0.0769. The van der Waals surface area contributed by atoms with Crippen molar-refractivity contribution >= 4 is 21.4 Å². The van der Waals surface area contributed by atoms with Gasteiger partial charge in [0.05, 0.1) is 9.79 Å². The van der Waals surface area contributed by atoms with E-state index in [1.807, 2.05) is 0 Å². The van der Waals surface area contributed by atoms with Crippen molar-refractivity contribution in [2.45, 2.75) is 9.79 Å². The minimum absolute atomic E-state index is 0.153. The molecule has 4 nitrogen and oxygen atoms in total. The van der Waals surface area contributed by atoms with E-state index in [2.05, 4.69) is 0 Å². The first-order valence-corrected chi connectivity index (χ1v) is 7.24. The maximum absolute atomic E-state index is 12.3. The highest BCUT2D eigenvalue weighted by Crippen LogP contribution is 2.24. The molecule has 0 unspecified atom stereocenters. The molecule has 6 heteroatoms. The zero-order valence-corrected chi connectivity index (χ0v) is 11.4. The largest absolute Gasteiger partial charge is 0.468 e. The van der Waals surface area contributed by atoms with Crippen molar-refractivity contribution in [2.75, 3.05) is 6.79 Å². The molecule has 0 aliphatic carbocycles. The lowest BCUT2D eigenvalue weighted by Gasteiger charge is -2.06. The highest BCUT2D eigenvalue weighted by atomic mass is 35.5. The van der Waals surface area contributed by atoms with Crippen LogP contribution in [0.5, 0.6) is 5.75 Å². The molecular formula is C13H11ClO4S. The fourth-order valence-electron chi connectivity index (χ4n) is 1.54. The van der Waals surface area contributed by atoms with E-state index in [9.17, 15) is 8.42 Å². The van der Waals surface area contributed by atoms with Crippen molar-refractivity contribution in [3.8, 4) is 5.75 Å². The molecule has 0 radical (unpaired) electrons. The van der Waals surface area contributed by atoms with Gasteiger partial charge in [-0.1, -0.05) is 11.6 Å². The maximum atomic E-state index is 12.3. The Kier molecular flexibility index (Phi) is 4.09. The van der Waals surface area contributed by atoms with Crippen LogP contribution in [0.1, 0.15) is 0 Å². The van der Waals surface area contributed by atoms with Gasteiger partial charge in [-0.2, -0.15) is 0 Å². The number of sulfone groups is 1. The number of benzene rings is 2. The quantitative estimate of drug-likeness (QED) is 0.881. The molecule has 0 fully saturated rings. The minimum Gasteiger partial charge on any atom is -0.468 e. The number of aliphatic hydroxyl groups excluding tert-OH is 1. The third-order valence-electron chi connectivity index (χ3n) is 2.49. The van der Waals surface area contributed by atoms with E-state index < -0.39 is 16.6 Å². The lowest BCUT2D eigenvalue weighted by Crippen LogP contribution is -2.02. The second-order valence-electron chi connectivity index (χ2n) is 3.70. The molecule has 0 saturated carbocycles. The lowest BCUT2D eigenvalue weighted by molar-refractivity contribution is 0.0985. The SMILES string of the molecule is O=S(=O)(c1ccc(Cl)cc1)c1ccc(OCO)cc1. The van der Waals surface area contributed by atoms with Crippen LogP contribution in [0.25, 0.3) is 0 Å². The Bertz CT molecular complexity index is 648. The summed E-state index contributed by atoms with van der Waals surface area (Å²) in [6.45, 7) is -0.455. The average molecular weight is 299 g/mol. The Balaban J connectivity index is 2.36. The van der Waals surface area contributed by atoms with Gasteiger partial charge in [-0.3, -0.25) is 0 Å². The molecule has 1 N–H and O–H groups in total. The molecule has 0 aliphatic heterocycles. The van der Waals surface area contributed by atoms with Gasteiger partial charge in [0.2, 0.25) is 9.84 Å². The number of ether oxygens (including phenoxy) is 1. The monoisotopic (exact) mass is 298 g/mol. The molecule has 0 atom stereocenters. The normalized spacial score (nSPS) is 11.3. The van der Waals surface area contributed by atoms with Gasteiger partial charge in [-0.15, -0.1) is 0 Å². The van der Waals surface area contributed by atoms with E-state index in [0.29, 0.717) is 10.8 Å². The molecule has 2 rings (SSSR count). The van der Waals surface area contributed by atoms with Crippen LogP contribution in [0.15, 0.2) is 58.3 Å². The summed E-state index contributed by atoms with van der Waals surface area (Å²) in [6.07, 6.45) is 0. The summed E-state index contributed by atoms with van der Waals surface area (Å²) >= 11 is 5.73. The second kappa shape index (κ2) is 5.61. The molecule has 0 heterocycles. The van der Waals surface area contributed by atoms with E-state index in [4.69, 9.17) is 21.4 Å². The predicted octanol–water partition coefficient (Wildman–Crippen LogP) is 2.50. The summed E-state index contributed by atoms with van der Waals surface area (Å²) < 4.78 is 29.4. The Morgan fingerprint density at radius 1 is 0.947 bits per heavy atom. The number of rotatable bonds is 4. The molecule has 0 amide bonds. The van der Waals surface area contributed by atoms with Gasteiger partial charge in [-0.25, -0.2) is 8.42 Å². The molecule has 0 aliphatic rings. The van der Waals surface area contributed by atoms with Crippen LogP contribution in [-0.2, 0) is 9.84 Å². The highest BCUT2D eigenvalue weighted by molar-refractivity contribution is 7.91. The van der Waals surface area contributed by atoms with Crippen LogP contribution < -0.4 is 4.74 Å². The molecule has 0 bridgehead atoms. The van der Waals surface area contributed by atoms with Gasteiger partial charge < -0.3 is 9.84 Å². The summed E-state index contributed by atoms with van der Waals surface area (Å²) in [5.74, 6) is 0.401. The first-order chi connectivity index (χ1) is 9.04. The van der Waals surface area contributed by atoms with E-state index in [1.54, 1.807) is 0 Å². The molecule has 100 valence electrons. The summed E-state index contributed by atoms with van der Waals surface area (Å²) in [7, 11) is -3.56. The number of hydrogen-bond acceptors (Lipinski definition) is 4. The Labute approximate surface area is 116 Å². The van der Waals surface area contributed by atoms with Crippen LogP contribution in [0.2, 0.25) is 5.02 Å². The molecule has 2 aromatic rings. The molecule has 19 heavy (non-hydrogen) atoms. The van der Waals surface area contributed by atoms with Gasteiger partial charge in [0.1, 0.15) is 5.75 Å². The fourth-order valence-corrected chi connectivity index (χ4v) is 2.93. The van der Waals surface area contributed by atoms with E-state index in [-0.39, 0.29) is 9.79 Å². The second-order valence-corrected chi connectivity index (χ2v) is 6.09. The van der Waals surface area contributed by atoms with Gasteiger partial charge in [-0.05, 0) is 48.5 Å². The molecule has 0 saturated heterocycles. The van der Waals surface area contributed by atoms with E-state index in [0.717, 1.165) is 0 Å². The zero-order valence-electron chi connectivity index (χ0n) is 9.78. The van der Waals surface area contributed by atoms with Gasteiger partial charge in [0, 0.05) is 5.02 Å². The van der Waals surface area contributed by atoms with Gasteiger partial charge >= 0.3 is 0 Å². The minimum atomic E-state index is -3.56. The first-order valence-electron chi connectivity index (χ1n) is 5.38. The summed E-state index contributed by atoms with van der Waals surface area (Å²) in [4.78, 5) is 0.327. The molecule has 0 aromatic heterocycles. The maximum Gasteiger partial charge on any atom is 0.206 e. The highest BCUT2D eigenvalue weighted by Gasteiger charge is 2.17. The third kappa shape index (κ3) is 3.07. The zero-order chi connectivity index (χ0) is 13.9. The van der Waals surface area contributed by atoms with E-state index >= 15 is 0 Å². The average Bonchev–Trinajstić information content (AvgIpc) is 2.40. The number of hydrogen-bond donors (Lipinski definition) is 1. The topological polar surface area (TPSA) is 63.6 Å². The summed E-state index contributed by atoms with van der Waals surface area (Å²) in [5, 5.41) is 9.08.